The van der Waals surface area contributed by atoms with Crippen LogP contribution in [0.4, 0.5) is 6.01 Å². The average Bonchev–Trinajstić information content (AvgIpc) is 2.71. The quantitative estimate of drug-likeness (QED) is 0.851. The lowest BCUT2D eigenvalue weighted by atomic mass is 9.95. The highest BCUT2D eigenvalue weighted by Gasteiger charge is 2.26. The molecule has 1 aromatic rings. The first-order valence-corrected chi connectivity index (χ1v) is 6.06. The Kier molecular flexibility index (Phi) is 3.49. The lowest BCUT2D eigenvalue weighted by Gasteiger charge is -2.35. The molecular formula is C12H21N3O. The van der Waals surface area contributed by atoms with Crippen LogP contribution in [0.1, 0.15) is 32.4 Å². The van der Waals surface area contributed by atoms with Gasteiger partial charge in [-0.05, 0) is 32.7 Å². The van der Waals surface area contributed by atoms with Gasteiger partial charge in [0.25, 0.3) is 6.01 Å². The van der Waals surface area contributed by atoms with Gasteiger partial charge in [-0.1, -0.05) is 6.92 Å². The third-order valence-corrected chi connectivity index (χ3v) is 3.26. The summed E-state index contributed by atoms with van der Waals surface area (Å²) >= 11 is 0. The zero-order chi connectivity index (χ0) is 11.5. The highest BCUT2D eigenvalue weighted by atomic mass is 16.4. The molecule has 16 heavy (non-hydrogen) atoms. The van der Waals surface area contributed by atoms with E-state index in [4.69, 9.17) is 4.42 Å². The smallest absolute Gasteiger partial charge is 0.297 e. The van der Waals surface area contributed by atoms with Crippen molar-refractivity contribution in [1.29, 1.82) is 0 Å². The van der Waals surface area contributed by atoms with Crippen LogP contribution in [0.25, 0.3) is 0 Å². The van der Waals surface area contributed by atoms with Crippen LogP contribution < -0.4 is 10.2 Å². The van der Waals surface area contributed by atoms with Gasteiger partial charge in [0, 0.05) is 19.1 Å². The molecule has 1 saturated heterocycles. The minimum absolute atomic E-state index is 0.539. The van der Waals surface area contributed by atoms with Gasteiger partial charge in [-0.25, -0.2) is 0 Å². The first kappa shape index (κ1) is 11.5. The lowest BCUT2D eigenvalue weighted by Crippen LogP contribution is -2.41. The summed E-state index contributed by atoms with van der Waals surface area (Å²) in [5.41, 5.74) is 0.975. The molecule has 1 aliphatic rings. The Labute approximate surface area is 97.0 Å². The number of oxazole rings is 1. The monoisotopic (exact) mass is 223 g/mol. The molecule has 0 radical (unpaired) electrons. The highest BCUT2D eigenvalue weighted by molar-refractivity contribution is 5.29. The van der Waals surface area contributed by atoms with E-state index in [0.29, 0.717) is 6.04 Å². The van der Waals surface area contributed by atoms with Gasteiger partial charge in [0.15, 0.2) is 0 Å². The summed E-state index contributed by atoms with van der Waals surface area (Å²) in [7, 11) is 1.92. The zero-order valence-corrected chi connectivity index (χ0v) is 10.4. The molecule has 0 amide bonds. The van der Waals surface area contributed by atoms with Gasteiger partial charge in [0.05, 0.1) is 5.69 Å². The predicted molar refractivity (Wildman–Crippen MR) is 64.5 cm³/mol. The van der Waals surface area contributed by atoms with Crippen LogP contribution in [0.2, 0.25) is 0 Å². The first-order valence-electron chi connectivity index (χ1n) is 6.06. The van der Waals surface area contributed by atoms with Crippen LogP contribution in [0.15, 0.2) is 10.7 Å². The van der Waals surface area contributed by atoms with Crippen molar-refractivity contribution < 1.29 is 4.42 Å². The van der Waals surface area contributed by atoms with Gasteiger partial charge >= 0.3 is 0 Å². The van der Waals surface area contributed by atoms with Crippen molar-refractivity contribution in [2.75, 3.05) is 18.5 Å². The average molecular weight is 223 g/mol. The second-order valence-electron chi connectivity index (χ2n) is 4.84. The summed E-state index contributed by atoms with van der Waals surface area (Å²) in [4.78, 5) is 6.79. The number of anilines is 1. The molecule has 0 aliphatic carbocycles. The Bertz CT molecular complexity index is 337. The standard InChI is InChI=1S/C12H21N3O/c1-9-4-5-10(2)15(7-9)12-14-11(6-13-3)8-16-12/h8-10,13H,4-7H2,1-3H3. The largest absolute Gasteiger partial charge is 0.432 e. The maximum Gasteiger partial charge on any atom is 0.297 e. The fourth-order valence-corrected chi connectivity index (χ4v) is 2.25. The number of hydrogen-bond acceptors (Lipinski definition) is 4. The molecule has 0 aromatic carbocycles. The summed E-state index contributed by atoms with van der Waals surface area (Å²) in [5.74, 6) is 0.732. The van der Waals surface area contributed by atoms with E-state index in [2.05, 4.69) is 29.0 Å². The summed E-state index contributed by atoms with van der Waals surface area (Å²) < 4.78 is 5.55. The minimum atomic E-state index is 0.539. The summed E-state index contributed by atoms with van der Waals surface area (Å²) in [6, 6.07) is 1.32. The number of piperidine rings is 1. The Morgan fingerprint density at radius 1 is 1.50 bits per heavy atom. The van der Waals surface area contributed by atoms with E-state index in [1.165, 1.54) is 12.8 Å². The van der Waals surface area contributed by atoms with Gasteiger partial charge in [-0.2, -0.15) is 4.98 Å². The highest BCUT2D eigenvalue weighted by Crippen LogP contribution is 2.26. The van der Waals surface area contributed by atoms with Crippen LogP contribution in [0.3, 0.4) is 0 Å². The molecule has 0 saturated carbocycles. The normalized spacial score (nSPS) is 26.1. The Morgan fingerprint density at radius 3 is 3.06 bits per heavy atom. The third-order valence-electron chi connectivity index (χ3n) is 3.26. The molecule has 0 bridgehead atoms. The molecule has 4 heteroatoms. The van der Waals surface area contributed by atoms with E-state index >= 15 is 0 Å². The minimum Gasteiger partial charge on any atom is -0.432 e. The number of nitrogens with zero attached hydrogens (tertiary/aromatic N) is 2. The molecule has 4 nitrogen and oxygen atoms in total. The predicted octanol–water partition coefficient (Wildman–Crippen LogP) is 2.02. The third kappa shape index (κ3) is 2.38. The van der Waals surface area contributed by atoms with Gasteiger partial charge < -0.3 is 14.6 Å². The molecule has 1 aliphatic heterocycles. The number of nitrogens with one attached hydrogen (secondary N) is 1. The molecule has 1 fully saturated rings. The first-order chi connectivity index (χ1) is 7.70. The van der Waals surface area contributed by atoms with E-state index in [-0.39, 0.29) is 0 Å². The maximum absolute atomic E-state index is 5.55. The van der Waals surface area contributed by atoms with Crippen LogP contribution in [0, 0.1) is 5.92 Å². The molecule has 1 aromatic heterocycles. The molecule has 2 atom stereocenters. The van der Waals surface area contributed by atoms with Crippen LogP contribution in [0.5, 0.6) is 0 Å². The number of rotatable bonds is 3. The molecule has 2 unspecified atom stereocenters. The van der Waals surface area contributed by atoms with Gasteiger partial charge in [-0.3, -0.25) is 0 Å². The Balaban J connectivity index is 2.08. The van der Waals surface area contributed by atoms with Crippen LogP contribution in [-0.2, 0) is 6.54 Å². The van der Waals surface area contributed by atoms with Crippen molar-refractivity contribution in [3.05, 3.63) is 12.0 Å². The van der Waals surface area contributed by atoms with E-state index in [9.17, 15) is 0 Å². The van der Waals surface area contributed by atoms with E-state index in [1.54, 1.807) is 6.26 Å². The fourth-order valence-electron chi connectivity index (χ4n) is 2.25. The van der Waals surface area contributed by atoms with E-state index in [0.717, 1.165) is 30.7 Å². The lowest BCUT2D eigenvalue weighted by molar-refractivity contribution is 0.365. The topological polar surface area (TPSA) is 41.3 Å². The second kappa shape index (κ2) is 4.87. The maximum atomic E-state index is 5.55. The zero-order valence-electron chi connectivity index (χ0n) is 10.4. The molecule has 90 valence electrons. The van der Waals surface area contributed by atoms with Crippen molar-refractivity contribution in [2.24, 2.45) is 5.92 Å². The summed E-state index contributed by atoms with van der Waals surface area (Å²) in [5, 5.41) is 3.08. The van der Waals surface area contributed by atoms with Crippen molar-refractivity contribution in [3.8, 4) is 0 Å². The van der Waals surface area contributed by atoms with Crippen LogP contribution >= 0.6 is 0 Å². The molecular weight excluding hydrogens is 202 g/mol. The van der Waals surface area contributed by atoms with Crippen molar-refractivity contribution in [3.63, 3.8) is 0 Å². The van der Waals surface area contributed by atoms with Crippen molar-refractivity contribution in [1.82, 2.24) is 10.3 Å². The number of aromatic nitrogens is 1. The van der Waals surface area contributed by atoms with E-state index in [1.807, 2.05) is 7.05 Å². The second-order valence-corrected chi connectivity index (χ2v) is 4.84. The summed E-state index contributed by atoms with van der Waals surface area (Å²) in [6.07, 6.45) is 4.28. The van der Waals surface area contributed by atoms with Crippen molar-refractivity contribution in [2.45, 2.75) is 39.3 Å². The van der Waals surface area contributed by atoms with Gasteiger partial charge in [0.1, 0.15) is 6.26 Å². The number of hydrogen-bond donors (Lipinski definition) is 1. The fraction of sp³-hybridized carbons (Fsp3) is 0.750. The molecule has 1 N–H and O–H groups in total. The SMILES string of the molecule is CNCc1coc(N2CC(C)CCC2C)n1. The summed E-state index contributed by atoms with van der Waals surface area (Å²) in [6.45, 7) is 6.35. The van der Waals surface area contributed by atoms with Crippen LogP contribution in [-0.4, -0.2) is 24.6 Å². The van der Waals surface area contributed by atoms with Gasteiger partial charge in [-0.15, -0.1) is 0 Å². The molecule has 0 spiro atoms. The molecule has 2 rings (SSSR count). The van der Waals surface area contributed by atoms with Gasteiger partial charge in [0.2, 0.25) is 0 Å². The Hall–Kier alpha value is -1.03. The van der Waals surface area contributed by atoms with Crippen molar-refractivity contribution >= 4 is 6.01 Å². The van der Waals surface area contributed by atoms with E-state index < -0.39 is 0 Å². The molecule has 2 heterocycles. The Morgan fingerprint density at radius 2 is 2.31 bits per heavy atom.